The summed E-state index contributed by atoms with van der Waals surface area (Å²) in [5, 5.41) is 15.9. The van der Waals surface area contributed by atoms with Gasteiger partial charge >= 0.3 is 0 Å². The highest BCUT2D eigenvalue weighted by atomic mass is 35.5. The summed E-state index contributed by atoms with van der Waals surface area (Å²) in [7, 11) is 0. The van der Waals surface area contributed by atoms with Gasteiger partial charge < -0.3 is 25.4 Å². The van der Waals surface area contributed by atoms with Crippen LogP contribution in [0.3, 0.4) is 0 Å². The number of nitrogens with one attached hydrogen (secondary N) is 2. The SMILES string of the molecule is CCOc1ccc(NC(=O)[C@@H]2[C@@H]3CC(C)C4(S3)C(C(=O)Nc3c(C)cccc3Cl)N(CCCO)C(=O)[C@H]24)cc1. The van der Waals surface area contributed by atoms with Gasteiger partial charge in [0.2, 0.25) is 17.7 Å². The quantitative estimate of drug-likeness (QED) is 0.413. The minimum Gasteiger partial charge on any atom is -0.494 e. The van der Waals surface area contributed by atoms with Crippen LogP contribution in [-0.4, -0.2) is 63.5 Å². The minimum absolute atomic E-state index is 0.0400. The van der Waals surface area contributed by atoms with E-state index >= 15 is 0 Å². The first kappa shape index (κ1) is 27.8. The maximum absolute atomic E-state index is 14.0. The molecule has 3 aliphatic heterocycles. The van der Waals surface area contributed by atoms with Crippen molar-refractivity contribution in [3.63, 3.8) is 0 Å². The van der Waals surface area contributed by atoms with Gasteiger partial charge in [0.1, 0.15) is 11.8 Å². The maximum Gasteiger partial charge on any atom is 0.248 e. The zero-order valence-corrected chi connectivity index (χ0v) is 23.8. The highest BCUT2D eigenvalue weighted by Gasteiger charge is 2.75. The summed E-state index contributed by atoms with van der Waals surface area (Å²) in [6.45, 7) is 6.53. The second kappa shape index (κ2) is 11.0. The normalized spacial score (nSPS) is 28.9. The number of halogens is 1. The molecule has 5 rings (SSSR count). The van der Waals surface area contributed by atoms with Gasteiger partial charge in [-0.15, -0.1) is 11.8 Å². The Hall–Kier alpha value is -2.75. The highest BCUT2D eigenvalue weighted by molar-refractivity contribution is 8.02. The number of aryl methyl sites for hydroxylation is 1. The number of thioether (sulfide) groups is 1. The third-order valence-electron chi connectivity index (χ3n) is 8.26. The number of aliphatic hydroxyl groups is 1. The average molecular weight is 572 g/mol. The smallest absolute Gasteiger partial charge is 0.248 e. The van der Waals surface area contributed by atoms with Crippen LogP contribution in [0, 0.1) is 24.7 Å². The van der Waals surface area contributed by atoms with Gasteiger partial charge in [0.25, 0.3) is 0 Å². The minimum atomic E-state index is -0.787. The van der Waals surface area contributed by atoms with Crippen molar-refractivity contribution in [2.75, 3.05) is 30.4 Å². The Kier molecular flexibility index (Phi) is 7.86. The molecule has 10 heteroatoms. The van der Waals surface area contributed by atoms with E-state index in [4.69, 9.17) is 16.3 Å². The molecule has 3 unspecified atom stereocenters. The molecule has 0 radical (unpaired) electrons. The summed E-state index contributed by atoms with van der Waals surface area (Å²) < 4.78 is 4.74. The molecule has 6 atom stereocenters. The van der Waals surface area contributed by atoms with Crippen LogP contribution in [0.25, 0.3) is 0 Å². The number of hydrogen-bond donors (Lipinski definition) is 3. The molecule has 3 N–H and O–H groups in total. The van der Waals surface area contributed by atoms with E-state index in [9.17, 15) is 19.5 Å². The lowest BCUT2D eigenvalue weighted by molar-refractivity contribution is -0.138. The van der Waals surface area contributed by atoms with Gasteiger partial charge in [0.05, 0.1) is 33.9 Å². The number of anilines is 2. The summed E-state index contributed by atoms with van der Waals surface area (Å²) in [5.41, 5.74) is 1.97. The Balaban J connectivity index is 1.46. The average Bonchev–Trinajstić information content (AvgIpc) is 3.50. The van der Waals surface area contributed by atoms with Crippen molar-refractivity contribution < 1.29 is 24.2 Å². The van der Waals surface area contributed by atoms with Crippen molar-refractivity contribution in [1.29, 1.82) is 0 Å². The van der Waals surface area contributed by atoms with Crippen molar-refractivity contribution in [2.24, 2.45) is 17.8 Å². The number of aliphatic hydroxyl groups excluding tert-OH is 1. The van der Waals surface area contributed by atoms with Crippen LogP contribution in [0.2, 0.25) is 5.02 Å². The fourth-order valence-electron chi connectivity index (χ4n) is 6.61. The topological polar surface area (TPSA) is 108 Å². The molecule has 3 aliphatic rings. The van der Waals surface area contributed by atoms with Crippen molar-refractivity contribution in [1.82, 2.24) is 4.90 Å². The Morgan fingerprint density at radius 2 is 1.92 bits per heavy atom. The fourth-order valence-corrected chi connectivity index (χ4v) is 9.30. The summed E-state index contributed by atoms with van der Waals surface area (Å²) in [5.74, 6) is -1.18. The van der Waals surface area contributed by atoms with Crippen molar-refractivity contribution in [3.8, 4) is 5.75 Å². The van der Waals surface area contributed by atoms with Crippen LogP contribution in [0.15, 0.2) is 42.5 Å². The Morgan fingerprint density at radius 1 is 1.18 bits per heavy atom. The molecular weight excluding hydrogens is 538 g/mol. The molecule has 3 fully saturated rings. The molecule has 8 nitrogen and oxygen atoms in total. The summed E-state index contributed by atoms with van der Waals surface area (Å²) in [4.78, 5) is 43.3. The lowest BCUT2D eigenvalue weighted by atomic mass is 9.66. The molecule has 3 amide bonds. The highest BCUT2D eigenvalue weighted by Crippen LogP contribution is 2.68. The monoisotopic (exact) mass is 571 g/mol. The molecule has 208 valence electrons. The lowest BCUT2D eigenvalue weighted by Crippen LogP contribution is -2.55. The van der Waals surface area contributed by atoms with Crippen LogP contribution in [0.4, 0.5) is 11.4 Å². The standard InChI is InChI=1S/C29H34ClN3O5S/c1-4-38-19-11-9-18(10-12-19)31-26(35)22-21-15-17(3)29(39-21)23(22)28(37)33(13-6-14-34)25(29)27(36)32-24-16(2)7-5-8-20(24)30/h5,7-12,17,21-23,25,34H,4,6,13-15H2,1-3H3,(H,31,35)(H,32,36)/t17?,21-,22+,23-,25?,29?/m0/s1. The van der Waals surface area contributed by atoms with E-state index in [1.807, 2.05) is 26.0 Å². The van der Waals surface area contributed by atoms with Crippen LogP contribution >= 0.6 is 23.4 Å². The van der Waals surface area contributed by atoms with Crippen molar-refractivity contribution in [3.05, 3.63) is 53.1 Å². The van der Waals surface area contributed by atoms with Gasteiger partial charge in [-0.2, -0.15) is 0 Å². The zero-order chi connectivity index (χ0) is 27.9. The Bertz CT molecular complexity index is 1250. The maximum atomic E-state index is 14.0. The van der Waals surface area contributed by atoms with E-state index in [1.165, 1.54) is 0 Å². The van der Waals surface area contributed by atoms with Crippen molar-refractivity contribution in [2.45, 2.75) is 49.7 Å². The number of para-hydroxylation sites is 1. The summed E-state index contributed by atoms with van der Waals surface area (Å²) in [6.07, 6.45) is 1.08. The number of rotatable bonds is 9. The molecule has 0 aliphatic carbocycles. The molecular formula is C29H34ClN3O5S. The van der Waals surface area contributed by atoms with Gasteiger partial charge in [-0.3, -0.25) is 14.4 Å². The first-order valence-electron chi connectivity index (χ1n) is 13.4. The van der Waals surface area contributed by atoms with Gasteiger partial charge in [-0.25, -0.2) is 0 Å². The molecule has 2 aromatic rings. The van der Waals surface area contributed by atoms with Gasteiger partial charge in [-0.1, -0.05) is 30.7 Å². The lowest BCUT2D eigenvalue weighted by Gasteiger charge is -2.38. The van der Waals surface area contributed by atoms with Gasteiger partial charge in [0, 0.05) is 24.1 Å². The number of carbonyl (C=O) groups excluding carboxylic acids is 3. The number of likely N-dealkylation sites (tertiary alicyclic amines) is 1. The zero-order valence-electron chi connectivity index (χ0n) is 22.3. The number of carbonyl (C=O) groups is 3. The molecule has 3 saturated heterocycles. The van der Waals surface area contributed by atoms with E-state index in [1.54, 1.807) is 47.0 Å². The Morgan fingerprint density at radius 3 is 2.59 bits per heavy atom. The molecule has 39 heavy (non-hydrogen) atoms. The van der Waals surface area contributed by atoms with E-state index in [0.717, 1.165) is 12.0 Å². The van der Waals surface area contributed by atoms with E-state index in [0.29, 0.717) is 35.2 Å². The number of nitrogens with zero attached hydrogens (tertiary/aromatic N) is 1. The third-order valence-corrected chi connectivity index (χ3v) is 10.6. The molecule has 2 bridgehead atoms. The van der Waals surface area contributed by atoms with E-state index in [2.05, 4.69) is 17.6 Å². The summed E-state index contributed by atoms with van der Waals surface area (Å²) in [6, 6.07) is 11.8. The van der Waals surface area contributed by atoms with E-state index in [-0.39, 0.29) is 42.0 Å². The van der Waals surface area contributed by atoms with Crippen LogP contribution < -0.4 is 15.4 Å². The number of amides is 3. The molecule has 2 aromatic carbocycles. The Labute approximate surface area is 237 Å². The number of fused-ring (bicyclic) bond motifs is 1. The molecule has 1 spiro atoms. The fraction of sp³-hybridized carbons (Fsp3) is 0.483. The predicted octanol–water partition coefficient (Wildman–Crippen LogP) is 4.34. The molecule has 3 heterocycles. The first-order valence-corrected chi connectivity index (χ1v) is 14.7. The first-order chi connectivity index (χ1) is 18.7. The molecule has 0 saturated carbocycles. The second-order valence-corrected chi connectivity index (χ2v) is 12.5. The predicted molar refractivity (Wildman–Crippen MR) is 153 cm³/mol. The number of hydrogen-bond acceptors (Lipinski definition) is 6. The number of ether oxygens (including phenoxy) is 1. The summed E-state index contributed by atoms with van der Waals surface area (Å²) >= 11 is 8.03. The number of benzene rings is 2. The largest absolute Gasteiger partial charge is 0.494 e. The van der Waals surface area contributed by atoms with Gasteiger partial charge in [-0.05, 0) is 68.5 Å². The van der Waals surface area contributed by atoms with Crippen LogP contribution in [0.1, 0.15) is 32.3 Å². The second-order valence-electron chi connectivity index (χ2n) is 10.5. The van der Waals surface area contributed by atoms with Crippen molar-refractivity contribution >= 4 is 52.5 Å². The van der Waals surface area contributed by atoms with Crippen LogP contribution in [0.5, 0.6) is 5.75 Å². The van der Waals surface area contributed by atoms with Gasteiger partial charge in [0.15, 0.2) is 0 Å². The molecule has 0 aromatic heterocycles. The van der Waals surface area contributed by atoms with E-state index < -0.39 is 22.6 Å². The van der Waals surface area contributed by atoms with Crippen LogP contribution in [-0.2, 0) is 14.4 Å². The third kappa shape index (κ3) is 4.68.